The Bertz CT molecular complexity index is 404. The van der Waals surface area contributed by atoms with E-state index >= 15 is 0 Å². The van der Waals surface area contributed by atoms with Gasteiger partial charge in [0.05, 0.1) is 0 Å². The second-order valence-electron chi connectivity index (χ2n) is 6.45. The molecule has 4 amide bonds. The van der Waals surface area contributed by atoms with E-state index in [1.54, 1.807) is 6.92 Å². The van der Waals surface area contributed by atoms with E-state index in [0.717, 1.165) is 0 Å². The topological polar surface area (TPSA) is 87.3 Å². The molecular weight excluding hydrogens is 246 g/mol. The first-order valence-electron chi connectivity index (χ1n) is 6.49. The molecule has 6 nitrogen and oxygen atoms in total. The highest BCUT2D eigenvalue weighted by Crippen LogP contribution is 2.23. The molecule has 0 aromatic heterocycles. The summed E-state index contributed by atoms with van der Waals surface area (Å²) in [4.78, 5) is 34.7. The molecule has 0 aliphatic carbocycles. The summed E-state index contributed by atoms with van der Waals surface area (Å²) in [6.45, 7) is 9.28. The van der Waals surface area contributed by atoms with Crippen LogP contribution in [-0.4, -0.2) is 28.9 Å². The van der Waals surface area contributed by atoms with Crippen molar-refractivity contribution in [3.63, 3.8) is 0 Å². The summed E-state index contributed by atoms with van der Waals surface area (Å²) in [5.74, 6) is -0.127. The van der Waals surface area contributed by atoms with Crippen LogP contribution in [0.25, 0.3) is 0 Å². The lowest BCUT2D eigenvalue weighted by Gasteiger charge is -2.33. The van der Waals surface area contributed by atoms with E-state index in [-0.39, 0.29) is 17.7 Å². The van der Waals surface area contributed by atoms with E-state index in [4.69, 9.17) is 0 Å². The maximum absolute atomic E-state index is 11.8. The molecule has 0 radical (unpaired) electrons. The standard InChI is InChI=1S/C13H23N3O3/c1-8(2)6-9(17)15-12(3,4)7-13(5)10(18)14-11(19)16-13/h8H,6-7H2,1-5H3,(H,15,17)(H2,14,16,18,19). The average Bonchev–Trinajstić information content (AvgIpc) is 2.34. The molecule has 3 N–H and O–H groups in total. The Kier molecular flexibility index (Phi) is 4.22. The Morgan fingerprint density at radius 1 is 1.37 bits per heavy atom. The summed E-state index contributed by atoms with van der Waals surface area (Å²) in [6.07, 6.45) is 0.778. The van der Waals surface area contributed by atoms with Crippen LogP contribution in [0.1, 0.15) is 47.5 Å². The SMILES string of the molecule is CC(C)CC(=O)NC(C)(C)CC1(C)NC(=O)NC1=O. The first kappa shape index (κ1) is 15.5. The fraction of sp³-hybridized carbons (Fsp3) is 0.769. The number of amides is 4. The van der Waals surface area contributed by atoms with Crippen LogP contribution in [0.2, 0.25) is 0 Å². The van der Waals surface area contributed by atoms with Crippen molar-refractivity contribution in [2.45, 2.75) is 58.5 Å². The predicted octanol–water partition coefficient (Wildman–Crippen LogP) is 0.915. The van der Waals surface area contributed by atoms with Crippen LogP contribution in [-0.2, 0) is 9.59 Å². The molecule has 1 unspecified atom stereocenters. The Morgan fingerprint density at radius 2 is 1.95 bits per heavy atom. The number of hydrogen-bond donors (Lipinski definition) is 3. The first-order valence-corrected chi connectivity index (χ1v) is 6.49. The molecule has 1 fully saturated rings. The Morgan fingerprint density at radius 3 is 2.37 bits per heavy atom. The van der Waals surface area contributed by atoms with Gasteiger partial charge in [0.15, 0.2) is 0 Å². The molecule has 19 heavy (non-hydrogen) atoms. The molecule has 0 aromatic carbocycles. The van der Waals surface area contributed by atoms with Crippen molar-refractivity contribution in [2.24, 2.45) is 5.92 Å². The highest BCUT2D eigenvalue weighted by molar-refractivity contribution is 6.06. The van der Waals surface area contributed by atoms with Crippen LogP contribution in [0.15, 0.2) is 0 Å². The van der Waals surface area contributed by atoms with E-state index in [1.807, 2.05) is 27.7 Å². The van der Waals surface area contributed by atoms with E-state index < -0.39 is 17.1 Å². The predicted molar refractivity (Wildman–Crippen MR) is 71.4 cm³/mol. The number of nitrogens with one attached hydrogen (secondary N) is 3. The van der Waals surface area contributed by atoms with Gasteiger partial charge >= 0.3 is 6.03 Å². The van der Waals surface area contributed by atoms with Gasteiger partial charge in [-0.2, -0.15) is 0 Å². The summed E-state index contributed by atoms with van der Waals surface area (Å²) in [5.41, 5.74) is -1.55. The fourth-order valence-electron chi connectivity index (χ4n) is 2.43. The van der Waals surface area contributed by atoms with Gasteiger partial charge in [-0.05, 0) is 26.7 Å². The van der Waals surface area contributed by atoms with Crippen LogP contribution >= 0.6 is 0 Å². The van der Waals surface area contributed by atoms with Crippen LogP contribution < -0.4 is 16.0 Å². The summed E-state index contributed by atoms with van der Waals surface area (Å²) in [7, 11) is 0. The average molecular weight is 269 g/mol. The third-order valence-corrected chi connectivity index (χ3v) is 2.98. The van der Waals surface area contributed by atoms with Crippen molar-refractivity contribution >= 4 is 17.8 Å². The van der Waals surface area contributed by atoms with Crippen molar-refractivity contribution in [3.8, 4) is 0 Å². The van der Waals surface area contributed by atoms with Crippen molar-refractivity contribution in [1.82, 2.24) is 16.0 Å². The lowest BCUT2D eigenvalue weighted by atomic mass is 9.85. The van der Waals surface area contributed by atoms with Crippen molar-refractivity contribution in [2.75, 3.05) is 0 Å². The molecule has 0 saturated carbocycles. The Labute approximate surface area is 113 Å². The zero-order valence-corrected chi connectivity index (χ0v) is 12.2. The zero-order valence-electron chi connectivity index (χ0n) is 12.2. The maximum Gasteiger partial charge on any atom is 0.322 e. The summed E-state index contributed by atoms with van der Waals surface area (Å²) < 4.78 is 0. The van der Waals surface area contributed by atoms with Gasteiger partial charge in [0.25, 0.3) is 5.91 Å². The van der Waals surface area contributed by atoms with Gasteiger partial charge in [-0.1, -0.05) is 13.8 Å². The van der Waals surface area contributed by atoms with Gasteiger partial charge in [0.2, 0.25) is 5.91 Å². The minimum Gasteiger partial charge on any atom is -0.351 e. The van der Waals surface area contributed by atoms with Crippen LogP contribution in [0.4, 0.5) is 4.79 Å². The van der Waals surface area contributed by atoms with E-state index in [2.05, 4.69) is 16.0 Å². The van der Waals surface area contributed by atoms with Crippen LogP contribution in [0, 0.1) is 5.92 Å². The van der Waals surface area contributed by atoms with E-state index in [1.165, 1.54) is 0 Å². The van der Waals surface area contributed by atoms with E-state index in [0.29, 0.717) is 12.8 Å². The van der Waals surface area contributed by atoms with Crippen molar-refractivity contribution in [3.05, 3.63) is 0 Å². The molecule has 1 heterocycles. The lowest BCUT2D eigenvalue weighted by molar-refractivity contribution is -0.127. The maximum atomic E-state index is 11.8. The highest BCUT2D eigenvalue weighted by Gasteiger charge is 2.45. The van der Waals surface area contributed by atoms with Gasteiger partial charge in [-0.3, -0.25) is 14.9 Å². The van der Waals surface area contributed by atoms with Gasteiger partial charge in [-0.25, -0.2) is 4.79 Å². The Balaban J connectivity index is 2.66. The summed E-state index contributed by atoms with van der Waals surface area (Å²) in [6, 6.07) is -0.489. The van der Waals surface area contributed by atoms with Crippen LogP contribution in [0.3, 0.4) is 0 Å². The second kappa shape index (κ2) is 5.19. The summed E-state index contributed by atoms with van der Waals surface area (Å²) in [5, 5.41) is 7.72. The third kappa shape index (κ3) is 4.22. The minimum atomic E-state index is -0.980. The number of carbonyl (C=O) groups is 3. The smallest absolute Gasteiger partial charge is 0.322 e. The molecule has 6 heteroatoms. The highest BCUT2D eigenvalue weighted by atomic mass is 16.2. The molecule has 0 spiro atoms. The molecule has 1 atom stereocenters. The van der Waals surface area contributed by atoms with Gasteiger partial charge in [-0.15, -0.1) is 0 Å². The molecule has 108 valence electrons. The largest absolute Gasteiger partial charge is 0.351 e. The second-order valence-corrected chi connectivity index (χ2v) is 6.45. The van der Waals surface area contributed by atoms with Gasteiger partial charge in [0.1, 0.15) is 5.54 Å². The number of urea groups is 1. The number of imide groups is 1. The monoisotopic (exact) mass is 269 g/mol. The first-order chi connectivity index (χ1) is 8.54. The quantitative estimate of drug-likeness (QED) is 0.648. The molecular formula is C13H23N3O3. The number of hydrogen-bond acceptors (Lipinski definition) is 3. The molecule has 1 aliphatic rings. The molecule has 0 aromatic rings. The number of carbonyl (C=O) groups excluding carboxylic acids is 3. The molecule has 1 rings (SSSR count). The molecule has 1 saturated heterocycles. The Hall–Kier alpha value is -1.59. The van der Waals surface area contributed by atoms with Gasteiger partial charge in [0, 0.05) is 18.4 Å². The summed E-state index contributed by atoms with van der Waals surface area (Å²) >= 11 is 0. The van der Waals surface area contributed by atoms with E-state index in [9.17, 15) is 14.4 Å². The lowest BCUT2D eigenvalue weighted by Crippen LogP contribution is -2.54. The van der Waals surface area contributed by atoms with Crippen molar-refractivity contribution in [1.29, 1.82) is 0 Å². The third-order valence-electron chi connectivity index (χ3n) is 2.98. The fourth-order valence-corrected chi connectivity index (χ4v) is 2.43. The molecule has 1 aliphatic heterocycles. The number of rotatable bonds is 5. The normalized spacial score (nSPS) is 23.3. The molecule has 0 bridgehead atoms. The zero-order chi connectivity index (χ0) is 14.8. The minimum absolute atomic E-state index is 0.0478. The van der Waals surface area contributed by atoms with Gasteiger partial charge < -0.3 is 10.6 Å². The van der Waals surface area contributed by atoms with Crippen LogP contribution in [0.5, 0.6) is 0 Å². The van der Waals surface area contributed by atoms with Crippen molar-refractivity contribution < 1.29 is 14.4 Å².